The van der Waals surface area contributed by atoms with Gasteiger partial charge in [-0.3, -0.25) is 4.70 Å². The summed E-state index contributed by atoms with van der Waals surface area (Å²) in [5, 5.41) is 0. The highest BCUT2D eigenvalue weighted by Crippen LogP contribution is 2.54. The molecule has 0 aliphatic carbocycles. The van der Waals surface area contributed by atoms with E-state index in [0.717, 1.165) is 0 Å². The molecular weight excluding hydrogens is 207 g/mol. The first-order valence-corrected chi connectivity index (χ1v) is 1.85. The van der Waals surface area contributed by atoms with Crippen LogP contribution in [0.25, 0.3) is 0 Å². The van der Waals surface area contributed by atoms with Crippen LogP contribution in [0.2, 0.25) is 0 Å². The zero-order valence-corrected chi connectivity index (χ0v) is 5.27. The van der Waals surface area contributed by atoms with Crippen LogP contribution in [0.15, 0.2) is 0 Å². The number of hydrogen-bond donors (Lipinski definition) is 0. The molecule has 0 amide bonds. The van der Waals surface area contributed by atoms with Gasteiger partial charge in [-0.25, -0.2) is 0 Å². The molecular formula is H2BrF5S. The lowest BCUT2D eigenvalue weighted by Gasteiger charge is -1.87. The van der Waals surface area contributed by atoms with Gasteiger partial charge in [0.1, 0.15) is 0 Å². The molecule has 7 heteroatoms. The standard InChI is InChI=1S/BrH.F4S.FH/c;1-5(2,3)4;/h1H;;1H. The molecule has 0 N–H and O–H groups in total. The number of hydrogen-bond acceptors (Lipinski definition) is 0. The summed E-state index contributed by atoms with van der Waals surface area (Å²) >= 11 is -6.17. The predicted molar refractivity (Wildman–Crippen MR) is 24.8 cm³/mol. The molecule has 0 heterocycles. The minimum Gasteiger partial charge on any atom is -0.269 e. The summed E-state index contributed by atoms with van der Waals surface area (Å²) in [5.41, 5.74) is 0. The molecule has 0 aromatic carbocycles. The summed E-state index contributed by atoms with van der Waals surface area (Å²) in [6, 6.07) is 0. The van der Waals surface area contributed by atoms with Gasteiger partial charge in [0.05, 0.1) is 0 Å². The van der Waals surface area contributed by atoms with Gasteiger partial charge < -0.3 is 0 Å². The molecule has 0 aromatic heterocycles. The minimum absolute atomic E-state index is 0. The Hall–Kier alpha value is 0.480. The highest BCUT2D eigenvalue weighted by atomic mass is 79.9. The van der Waals surface area contributed by atoms with Gasteiger partial charge >= 0.3 is 11.6 Å². The number of halogens is 6. The van der Waals surface area contributed by atoms with E-state index in [1.807, 2.05) is 0 Å². The molecule has 0 spiro atoms. The molecule has 0 aliphatic heterocycles. The average Bonchev–Trinajstić information content (AvgIpc) is 0.722. The molecule has 0 nitrogen and oxygen atoms in total. The van der Waals surface area contributed by atoms with Crippen molar-refractivity contribution in [3.05, 3.63) is 0 Å². The first kappa shape index (κ1) is 15.6. The third-order valence-corrected chi connectivity index (χ3v) is 0. The van der Waals surface area contributed by atoms with Crippen LogP contribution in [0.5, 0.6) is 0 Å². The van der Waals surface area contributed by atoms with E-state index >= 15 is 0 Å². The molecule has 0 rings (SSSR count). The van der Waals surface area contributed by atoms with Crippen LogP contribution in [-0.4, -0.2) is 0 Å². The van der Waals surface area contributed by atoms with Crippen LogP contribution >= 0.6 is 28.6 Å². The van der Waals surface area contributed by atoms with Gasteiger partial charge in [0, 0.05) is 0 Å². The van der Waals surface area contributed by atoms with E-state index in [9.17, 15) is 15.5 Å². The second-order valence-corrected chi connectivity index (χ2v) is 1.05. The van der Waals surface area contributed by atoms with E-state index in [-0.39, 0.29) is 21.7 Å². The molecule has 0 fully saturated rings. The lowest BCUT2D eigenvalue weighted by atomic mass is 18.7. The largest absolute Gasteiger partial charge is 0.379 e. The first-order valence-electron chi connectivity index (χ1n) is 0.617. The molecule has 0 bridgehead atoms. The molecule has 0 radical (unpaired) electrons. The molecule has 0 unspecified atom stereocenters. The Morgan fingerprint density at radius 3 is 0.857 bits per heavy atom. The fourth-order valence-electron chi connectivity index (χ4n) is 0. The van der Waals surface area contributed by atoms with Gasteiger partial charge in [-0.05, 0) is 0 Å². The Balaban J connectivity index is -0.0000000800. The van der Waals surface area contributed by atoms with Gasteiger partial charge in [-0.1, -0.05) is 15.5 Å². The van der Waals surface area contributed by atoms with Crippen LogP contribution in [0, 0.1) is 0 Å². The molecule has 0 saturated heterocycles. The SMILES string of the molecule is Br.F.FS(F)(F)F. The smallest absolute Gasteiger partial charge is 0.269 e. The second-order valence-electron chi connectivity index (χ2n) is 0.350. The van der Waals surface area contributed by atoms with E-state index in [1.165, 1.54) is 0 Å². The Bertz CT molecular complexity index is 23.6. The highest BCUT2D eigenvalue weighted by molar-refractivity contribution is 8.93. The lowest BCUT2D eigenvalue weighted by molar-refractivity contribution is 0.543. The molecule has 0 aliphatic rings. The predicted octanol–water partition coefficient (Wildman–Crippen LogP) is 3.06. The molecule has 0 atom stereocenters. The summed E-state index contributed by atoms with van der Waals surface area (Å²) < 4.78 is 39.1. The Morgan fingerprint density at radius 1 is 0.857 bits per heavy atom. The van der Waals surface area contributed by atoms with Crippen molar-refractivity contribution in [1.29, 1.82) is 0 Å². The van der Waals surface area contributed by atoms with Crippen LogP contribution in [-0.2, 0) is 0 Å². The topological polar surface area (TPSA) is 0 Å². The maximum Gasteiger partial charge on any atom is 0.379 e. The van der Waals surface area contributed by atoms with Gasteiger partial charge in [-0.15, -0.1) is 17.0 Å². The van der Waals surface area contributed by atoms with Gasteiger partial charge in [0.2, 0.25) is 0 Å². The van der Waals surface area contributed by atoms with E-state index in [1.54, 1.807) is 0 Å². The second kappa shape index (κ2) is 4.63. The monoisotopic (exact) mass is 208 g/mol. The van der Waals surface area contributed by atoms with Crippen molar-refractivity contribution in [3.8, 4) is 0 Å². The van der Waals surface area contributed by atoms with Crippen molar-refractivity contribution in [2.24, 2.45) is 0 Å². The summed E-state index contributed by atoms with van der Waals surface area (Å²) in [6.07, 6.45) is 0. The fraction of sp³-hybridized carbons (Fsp3) is 0. The third-order valence-electron chi connectivity index (χ3n) is 0. The van der Waals surface area contributed by atoms with E-state index < -0.39 is 11.6 Å². The first-order chi connectivity index (χ1) is 2.00. The van der Waals surface area contributed by atoms with Crippen molar-refractivity contribution in [2.45, 2.75) is 0 Å². The molecule has 7 heavy (non-hydrogen) atoms. The van der Waals surface area contributed by atoms with Crippen molar-refractivity contribution in [1.82, 2.24) is 0 Å². The van der Waals surface area contributed by atoms with Crippen molar-refractivity contribution in [3.63, 3.8) is 0 Å². The number of rotatable bonds is 0. The van der Waals surface area contributed by atoms with E-state index in [0.29, 0.717) is 0 Å². The van der Waals surface area contributed by atoms with Crippen LogP contribution in [0.4, 0.5) is 20.2 Å². The van der Waals surface area contributed by atoms with Crippen LogP contribution in [0.3, 0.4) is 0 Å². The molecule has 0 saturated carbocycles. The summed E-state index contributed by atoms with van der Waals surface area (Å²) in [4.78, 5) is 0. The Morgan fingerprint density at radius 2 is 0.857 bits per heavy atom. The van der Waals surface area contributed by atoms with Gasteiger partial charge in [0.15, 0.2) is 0 Å². The molecule has 50 valence electrons. The quantitative estimate of drug-likeness (QED) is 0.537. The van der Waals surface area contributed by atoms with E-state index in [2.05, 4.69) is 0 Å². The Kier molecular flexibility index (Phi) is 10.4. The van der Waals surface area contributed by atoms with Crippen molar-refractivity contribution in [2.75, 3.05) is 0 Å². The van der Waals surface area contributed by atoms with Crippen molar-refractivity contribution >= 4 is 28.6 Å². The normalized spacial score (nSPS) is 10.9. The summed E-state index contributed by atoms with van der Waals surface area (Å²) in [5.74, 6) is 0. The highest BCUT2D eigenvalue weighted by Gasteiger charge is 2.16. The van der Waals surface area contributed by atoms with Gasteiger partial charge in [-0.2, -0.15) is 0 Å². The van der Waals surface area contributed by atoms with Gasteiger partial charge in [0.25, 0.3) is 0 Å². The zero-order chi connectivity index (χ0) is 4.50. The van der Waals surface area contributed by atoms with Crippen LogP contribution < -0.4 is 0 Å². The van der Waals surface area contributed by atoms with Crippen molar-refractivity contribution < 1.29 is 20.2 Å². The lowest BCUT2D eigenvalue weighted by Crippen LogP contribution is -1.47. The van der Waals surface area contributed by atoms with E-state index in [4.69, 9.17) is 0 Å². The third kappa shape index (κ3) is 564. The maximum atomic E-state index is 9.77. The Labute approximate surface area is 49.5 Å². The fourth-order valence-corrected chi connectivity index (χ4v) is 0. The average molecular weight is 209 g/mol. The zero-order valence-electron chi connectivity index (χ0n) is 2.74. The summed E-state index contributed by atoms with van der Waals surface area (Å²) in [7, 11) is 0. The maximum absolute atomic E-state index is 9.77. The van der Waals surface area contributed by atoms with Crippen LogP contribution in [0.1, 0.15) is 0 Å². The minimum atomic E-state index is -6.17. The molecule has 0 aromatic rings. The summed E-state index contributed by atoms with van der Waals surface area (Å²) in [6.45, 7) is 0.